The van der Waals surface area contributed by atoms with Crippen molar-refractivity contribution < 1.29 is 4.79 Å². The van der Waals surface area contributed by atoms with Crippen LogP contribution in [0.5, 0.6) is 0 Å². The van der Waals surface area contributed by atoms with Gasteiger partial charge in [-0.25, -0.2) is 9.97 Å². The largest absolute Gasteiger partial charge is 0.382 e. The number of fused-ring (bicyclic) bond motifs is 3. The van der Waals surface area contributed by atoms with Gasteiger partial charge >= 0.3 is 0 Å². The lowest BCUT2D eigenvalue weighted by Crippen LogP contribution is -2.31. The summed E-state index contributed by atoms with van der Waals surface area (Å²) in [5.41, 5.74) is 9.58. The minimum atomic E-state index is -0.0605. The molecule has 2 aromatic carbocycles. The zero-order chi connectivity index (χ0) is 19.7. The Labute approximate surface area is 167 Å². The van der Waals surface area contributed by atoms with E-state index in [0.717, 1.165) is 38.0 Å². The number of carbonyl (C=O) groups is 1. The molecule has 0 bridgehead atoms. The van der Waals surface area contributed by atoms with Crippen molar-refractivity contribution in [3.8, 4) is 11.1 Å². The Kier molecular flexibility index (Phi) is 4.93. The first-order chi connectivity index (χ1) is 13.5. The molecular formula is C21H21N5OS. The number of nitrogens with zero attached hydrogens (tertiary/aromatic N) is 3. The second-order valence-corrected chi connectivity index (χ2v) is 7.94. The molecule has 4 rings (SSSR count). The van der Waals surface area contributed by atoms with Gasteiger partial charge in [-0.3, -0.25) is 4.79 Å². The number of hydrogen-bond acceptors (Lipinski definition) is 6. The predicted molar refractivity (Wildman–Crippen MR) is 116 cm³/mol. The van der Waals surface area contributed by atoms with E-state index in [9.17, 15) is 4.79 Å². The van der Waals surface area contributed by atoms with Gasteiger partial charge in [-0.15, -0.1) is 11.3 Å². The average molecular weight is 392 g/mol. The number of nitrogens with one attached hydrogen (secondary N) is 1. The van der Waals surface area contributed by atoms with Gasteiger partial charge in [0.05, 0.1) is 10.2 Å². The Hall–Kier alpha value is -3.03. The van der Waals surface area contributed by atoms with Crippen LogP contribution in [0.25, 0.3) is 31.4 Å². The van der Waals surface area contributed by atoms with Crippen LogP contribution in [-0.4, -0.2) is 48.0 Å². The topological polar surface area (TPSA) is 84.1 Å². The van der Waals surface area contributed by atoms with Gasteiger partial charge in [-0.1, -0.05) is 24.3 Å². The van der Waals surface area contributed by atoms with Gasteiger partial charge in [0.1, 0.15) is 12.1 Å². The lowest BCUT2D eigenvalue weighted by Gasteiger charge is -2.11. The van der Waals surface area contributed by atoms with E-state index in [2.05, 4.69) is 33.5 Å². The van der Waals surface area contributed by atoms with E-state index in [1.54, 1.807) is 11.3 Å². The molecule has 0 unspecified atom stereocenters. The molecule has 2 aromatic heterocycles. The molecule has 2 heterocycles. The standard InChI is InChI=1S/C21H21N5OS/c1-26(2)9-8-23-21(27)15-5-3-4-13(10-15)14-6-7-16-17(11-14)28-19-18(16)24-12-25-20(19)22/h3-7,10-12H,8-9H2,1-2H3,(H,23,27)(H2,22,24,25). The van der Waals surface area contributed by atoms with Crippen molar-refractivity contribution >= 4 is 43.4 Å². The molecule has 0 radical (unpaired) electrons. The maximum Gasteiger partial charge on any atom is 0.251 e. The molecule has 0 aliphatic heterocycles. The van der Waals surface area contributed by atoms with Crippen molar-refractivity contribution in [3.63, 3.8) is 0 Å². The number of nitrogen functional groups attached to an aromatic ring is 1. The van der Waals surface area contributed by atoms with Crippen molar-refractivity contribution in [1.82, 2.24) is 20.2 Å². The molecule has 3 N–H and O–H groups in total. The van der Waals surface area contributed by atoms with Crippen molar-refractivity contribution in [2.24, 2.45) is 0 Å². The van der Waals surface area contributed by atoms with Gasteiger partial charge in [0.15, 0.2) is 0 Å². The van der Waals surface area contributed by atoms with Crippen LogP contribution < -0.4 is 11.1 Å². The highest BCUT2D eigenvalue weighted by molar-refractivity contribution is 7.26. The van der Waals surface area contributed by atoms with E-state index >= 15 is 0 Å². The van der Waals surface area contributed by atoms with Crippen LogP contribution in [0.2, 0.25) is 0 Å². The van der Waals surface area contributed by atoms with Crippen LogP contribution >= 0.6 is 11.3 Å². The predicted octanol–water partition coefficient (Wildman–Crippen LogP) is 3.39. The summed E-state index contributed by atoms with van der Waals surface area (Å²) in [6.07, 6.45) is 1.50. The summed E-state index contributed by atoms with van der Waals surface area (Å²) in [4.78, 5) is 22.9. The Balaban J connectivity index is 1.65. The monoisotopic (exact) mass is 391 g/mol. The van der Waals surface area contributed by atoms with E-state index in [-0.39, 0.29) is 5.91 Å². The number of benzene rings is 2. The fourth-order valence-electron chi connectivity index (χ4n) is 3.11. The highest BCUT2D eigenvalue weighted by Gasteiger charge is 2.12. The second-order valence-electron chi connectivity index (χ2n) is 6.89. The van der Waals surface area contributed by atoms with E-state index in [1.165, 1.54) is 6.33 Å². The Morgan fingerprint density at radius 2 is 1.96 bits per heavy atom. The summed E-state index contributed by atoms with van der Waals surface area (Å²) in [6, 6.07) is 13.9. The number of carbonyl (C=O) groups excluding carboxylic acids is 1. The van der Waals surface area contributed by atoms with E-state index in [0.29, 0.717) is 17.9 Å². The summed E-state index contributed by atoms with van der Waals surface area (Å²) in [7, 11) is 3.96. The molecular weight excluding hydrogens is 370 g/mol. The molecule has 0 aliphatic rings. The van der Waals surface area contributed by atoms with Crippen molar-refractivity contribution in [2.75, 3.05) is 32.9 Å². The molecule has 28 heavy (non-hydrogen) atoms. The molecule has 0 saturated heterocycles. The van der Waals surface area contributed by atoms with E-state index in [4.69, 9.17) is 5.73 Å². The Morgan fingerprint density at radius 3 is 2.79 bits per heavy atom. The number of thiophene rings is 1. The van der Waals surface area contributed by atoms with Crippen LogP contribution in [0.4, 0.5) is 5.82 Å². The van der Waals surface area contributed by atoms with Crippen LogP contribution in [0.3, 0.4) is 0 Å². The molecule has 4 aromatic rings. The lowest BCUT2D eigenvalue weighted by atomic mass is 10.0. The molecule has 6 nitrogen and oxygen atoms in total. The number of anilines is 1. The van der Waals surface area contributed by atoms with E-state index in [1.807, 2.05) is 43.3 Å². The summed E-state index contributed by atoms with van der Waals surface area (Å²) >= 11 is 1.59. The number of aromatic nitrogens is 2. The number of rotatable bonds is 5. The fraction of sp³-hybridized carbons (Fsp3) is 0.190. The van der Waals surface area contributed by atoms with Gasteiger partial charge in [-0.2, -0.15) is 0 Å². The summed E-state index contributed by atoms with van der Waals surface area (Å²) in [5, 5.41) is 4.02. The molecule has 0 fully saturated rings. The fourth-order valence-corrected chi connectivity index (χ4v) is 4.20. The first-order valence-electron chi connectivity index (χ1n) is 8.99. The maximum atomic E-state index is 12.4. The quantitative estimate of drug-likeness (QED) is 0.545. The first-order valence-corrected chi connectivity index (χ1v) is 9.80. The second kappa shape index (κ2) is 7.53. The van der Waals surface area contributed by atoms with Crippen molar-refractivity contribution in [3.05, 3.63) is 54.4 Å². The zero-order valence-corrected chi connectivity index (χ0v) is 16.6. The highest BCUT2D eigenvalue weighted by atomic mass is 32.1. The molecule has 142 valence electrons. The molecule has 0 aliphatic carbocycles. The number of nitrogens with two attached hydrogens (primary N) is 1. The highest BCUT2D eigenvalue weighted by Crippen LogP contribution is 2.37. The third kappa shape index (κ3) is 3.54. The third-order valence-electron chi connectivity index (χ3n) is 4.58. The summed E-state index contributed by atoms with van der Waals surface area (Å²) in [6.45, 7) is 1.42. The summed E-state index contributed by atoms with van der Waals surface area (Å²) < 4.78 is 2.00. The zero-order valence-electron chi connectivity index (χ0n) is 15.8. The number of likely N-dealkylation sites (N-methyl/N-ethyl adjacent to an activating group) is 1. The van der Waals surface area contributed by atoms with Gasteiger partial charge in [0, 0.05) is 28.7 Å². The van der Waals surface area contributed by atoms with Gasteiger partial charge in [0.25, 0.3) is 5.91 Å². The Morgan fingerprint density at radius 1 is 1.14 bits per heavy atom. The number of hydrogen-bond donors (Lipinski definition) is 2. The molecule has 0 saturated carbocycles. The Bertz CT molecular complexity index is 1170. The normalized spacial score (nSPS) is 11.4. The molecule has 0 atom stereocenters. The molecule has 7 heteroatoms. The average Bonchev–Trinajstić information content (AvgIpc) is 3.07. The molecule has 1 amide bonds. The van der Waals surface area contributed by atoms with E-state index < -0.39 is 0 Å². The van der Waals surface area contributed by atoms with Gasteiger partial charge in [-0.05, 0) is 43.4 Å². The third-order valence-corrected chi connectivity index (χ3v) is 5.75. The summed E-state index contributed by atoms with van der Waals surface area (Å²) in [5.74, 6) is 0.443. The van der Waals surface area contributed by atoms with Crippen molar-refractivity contribution in [2.45, 2.75) is 0 Å². The van der Waals surface area contributed by atoms with Crippen LogP contribution in [0.1, 0.15) is 10.4 Å². The van der Waals surface area contributed by atoms with Crippen LogP contribution in [-0.2, 0) is 0 Å². The van der Waals surface area contributed by atoms with Crippen LogP contribution in [0, 0.1) is 0 Å². The smallest absolute Gasteiger partial charge is 0.251 e. The molecule has 0 spiro atoms. The minimum absolute atomic E-state index is 0.0605. The first kappa shape index (κ1) is 18.3. The maximum absolute atomic E-state index is 12.4. The van der Waals surface area contributed by atoms with Gasteiger partial charge < -0.3 is 16.0 Å². The number of amides is 1. The SMILES string of the molecule is CN(C)CCNC(=O)c1cccc(-c2ccc3c(c2)sc2c(N)ncnc23)c1. The van der Waals surface area contributed by atoms with Gasteiger partial charge in [0.2, 0.25) is 0 Å². The van der Waals surface area contributed by atoms with Crippen LogP contribution in [0.15, 0.2) is 48.8 Å². The van der Waals surface area contributed by atoms with Crippen molar-refractivity contribution in [1.29, 1.82) is 0 Å². The lowest BCUT2D eigenvalue weighted by molar-refractivity contribution is 0.0951. The minimum Gasteiger partial charge on any atom is -0.382 e.